The van der Waals surface area contributed by atoms with Gasteiger partial charge >= 0.3 is 19.8 Å². The molecule has 0 aromatic heterocycles. The number of allylic oxidation sites excluding steroid dienone is 14. The zero-order valence-corrected chi connectivity index (χ0v) is 37.6. The Balaban J connectivity index is 2.59. The van der Waals surface area contributed by atoms with E-state index < -0.39 is 81.8 Å². The first-order valence-corrected chi connectivity index (χ1v) is 23.6. The Morgan fingerprint density at radius 3 is 1.73 bits per heavy atom. The highest BCUT2D eigenvalue weighted by Gasteiger charge is 2.51. The largest absolute Gasteiger partial charge is 0.472 e. The normalized spacial score (nSPS) is 23.3. The van der Waals surface area contributed by atoms with Crippen LogP contribution < -0.4 is 0 Å². The fraction of sp³-hybridized carbons (Fsp3) is 0.617. The number of carbonyl (C=O) groups excluding carboxylic acids is 2. The van der Waals surface area contributed by atoms with Crippen molar-refractivity contribution in [1.29, 1.82) is 0 Å². The summed E-state index contributed by atoms with van der Waals surface area (Å²) in [5.41, 5.74) is 0. The monoisotopic (exact) mass is 894 g/mol. The number of phosphoric acid groups is 1. The summed E-state index contributed by atoms with van der Waals surface area (Å²) >= 11 is 0. The first kappa shape index (κ1) is 56.7. The number of aliphatic hydroxyl groups excluding tert-OH is 6. The van der Waals surface area contributed by atoms with E-state index in [4.69, 9.17) is 18.5 Å². The second kappa shape index (κ2) is 36.1. The Hall–Kier alpha value is -3.27. The summed E-state index contributed by atoms with van der Waals surface area (Å²) in [4.78, 5) is 35.6. The van der Waals surface area contributed by atoms with Gasteiger partial charge in [0.2, 0.25) is 0 Å². The topological polar surface area (TPSA) is 230 Å². The van der Waals surface area contributed by atoms with E-state index in [9.17, 15) is 49.7 Å². The lowest BCUT2D eigenvalue weighted by molar-refractivity contribution is -0.220. The lowest BCUT2D eigenvalue weighted by atomic mass is 9.85. The fourth-order valence-electron chi connectivity index (χ4n) is 5.88. The van der Waals surface area contributed by atoms with Crippen molar-refractivity contribution in [1.82, 2.24) is 0 Å². The van der Waals surface area contributed by atoms with E-state index in [1.54, 1.807) is 12.2 Å². The number of rotatable bonds is 34. The number of ether oxygens (including phenoxy) is 2. The molecule has 0 heterocycles. The summed E-state index contributed by atoms with van der Waals surface area (Å²) in [7, 11) is -5.16. The van der Waals surface area contributed by atoms with Gasteiger partial charge in [0, 0.05) is 12.8 Å². The first-order chi connectivity index (χ1) is 29.8. The van der Waals surface area contributed by atoms with Crippen LogP contribution in [0.3, 0.4) is 0 Å². The van der Waals surface area contributed by atoms with Crippen molar-refractivity contribution in [3.8, 4) is 0 Å². The summed E-state index contributed by atoms with van der Waals surface area (Å²) in [5.74, 6) is -1.26. The van der Waals surface area contributed by atoms with Gasteiger partial charge in [-0.05, 0) is 83.5 Å². The van der Waals surface area contributed by atoms with Crippen LogP contribution >= 0.6 is 7.82 Å². The first-order valence-electron chi connectivity index (χ1n) is 22.1. The van der Waals surface area contributed by atoms with Gasteiger partial charge in [0.05, 0.1) is 12.7 Å². The zero-order valence-electron chi connectivity index (χ0n) is 36.7. The fourth-order valence-corrected chi connectivity index (χ4v) is 6.85. The molecule has 0 saturated heterocycles. The van der Waals surface area contributed by atoms with Crippen molar-refractivity contribution in [2.24, 2.45) is 0 Å². The highest BCUT2D eigenvalue weighted by Crippen LogP contribution is 2.47. The molecule has 1 aliphatic carbocycles. The molecule has 1 rings (SSSR count). The second-order valence-electron chi connectivity index (χ2n) is 15.0. The van der Waals surface area contributed by atoms with Crippen LogP contribution in [0.4, 0.5) is 0 Å². The van der Waals surface area contributed by atoms with E-state index in [1.807, 2.05) is 42.5 Å². The van der Waals surface area contributed by atoms with E-state index in [-0.39, 0.29) is 12.8 Å². The van der Waals surface area contributed by atoms with Crippen LogP contribution in [0.2, 0.25) is 0 Å². The van der Waals surface area contributed by atoms with E-state index in [0.29, 0.717) is 38.5 Å². The molecule has 1 fully saturated rings. The van der Waals surface area contributed by atoms with Crippen LogP contribution in [0.25, 0.3) is 0 Å². The number of carbonyl (C=O) groups is 2. The Kier molecular flexibility index (Phi) is 33.1. The van der Waals surface area contributed by atoms with Crippen molar-refractivity contribution >= 4 is 19.8 Å². The van der Waals surface area contributed by atoms with Crippen molar-refractivity contribution in [3.05, 3.63) is 97.2 Å². The van der Waals surface area contributed by atoms with Crippen LogP contribution in [0, 0.1) is 0 Å². The molecule has 0 bridgehead atoms. The van der Waals surface area contributed by atoms with Gasteiger partial charge in [0.15, 0.2) is 6.10 Å². The molecule has 62 heavy (non-hydrogen) atoms. The molecular formula is C47H75O14P. The molecule has 0 aromatic rings. The predicted molar refractivity (Wildman–Crippen MR) is 240 cm³/mol. The predicted octanol–water partition coefficient (Wildman–Crippen LogP) is 7.24. The molecule has 9 atom stereocenters. The average molecular weight is 895 g/mol. The molecule has 7 N–H and O–H groups in total. The van der Waals surface area contributed by atoms with Gasteiger partial charge in [-0.25, -0.2) is 4.57 Å². The summed E-state index contributed by atoms with van der Waals surface area (Å²) in [6.45, 7) is 2.97. The third kappa shape index (κ3) is 28.4. The van der Waals surface area contributed by atoms with Crippen LogP contribution in [0.15, 0.2) is 97.2 Å². The molecule has 0 aliphatic heterocycles. The van der Waals surface area contributed by atoms with Crippen LogP contribution in [-0.2, 0) is 32.7 Å². The molecule has 0 radical (unpaired) electrons. The zero-order chi connectivity index (χ0) is 45.9. The maximum absolute atomic E-state index is 12.8. The van der Waals surface area contributed by atoms with E-state index >= 15 is 0 Å². The van der Waals surface area contributed by atoms with E-state index in [0.717, 1.165) is 38.5 Å². The molecule has 15 heteroatoms. The van der Waals surface area contributed by atoms with E-state index in [1.165, 1.54) is 19.3 Å². The van der Waals surface area contributed by atoms with Gasteiger partial charge in [-0.2, -0.15) is 0 Å². The summed E-state index contributed by atoms with van der Waals surface area (Å²) in [6, 6.07) is 0. The quantitative estimate of drug-likeness (QED) is 0.0111. The molecular weight excluding hydrogens is 819 g/mol. The lowest BCUT2D eigenvalue weighted by Gasteiger charge is -2.41. The number of hydrogen-bond donors (Lipinski definition) is 7. The molecule has 0 spiro atoms. The van der Waals surface area contributed by atoms with Gasteiger partial charge in [0.1, 0.15) is 43.2 Å². The van der Waals surface area contributed by atoms with Crippen molar-refractivity contribution in [2.45, 2.75) is 172 Å². The second-order valence-corrected chi connectivity index (χ2v) is 16.4. The Bertz CT molecular complexity index is 1470. The van der Waals surface area contributed by atoms with Gasteiger partial charge in [0.25, 0.3) is 0 Å². The average Bonchev–Trinajstić information content (AvgIpc) is 3.25. The number of esters is 2. The third-order valence-electron chi connectivity index (χ3n) is 9.49. The maximum atomic E-state index is 12.8. The highest BCUT2D eigenvalue weighted by molar-refractivity contribution is 7.47. The molecule has 1 aliphatic rings. The number of hydrogen-bond acceptors (Lipinski definition) is 13. The number of unbranched alkanes of at least 4 members (excludes halogenated alkanes) is 6. The third-order valence-corrected chi connectivity index (χ3v) is 10.5. The molecule has 0 amide bonds. The number of aliphatic hydroxyl groups is 6. The maximum Gasteiger partial charge on any atom is 0.472 e. The molecule has 4 unspecified atom stereocenters. The Morgan fingerprint density at radius 2 is 1.11 bits per heavy atom. The molecule has 0 aromatic carbocycles. The highest BCUT2D eigenvalue weighted by atomic mass is 31.2. The minimum atomic E-state index is -5.16. The number of phosphoric ester groups is 1. The minimum Gasteiger partial charge on any atom is -0.462 e. The van der Waals surface area contributed by atoms with Crippen molar-refractivity contribution in [2.75, 3.05) is 13.2 Å². The van der Waals surface area contributed by atoms with Gasteiger partial charge in [-0.3, -0.25) is 18.6 Å². The summed E-state index contributed by atoms with van der Waals surface area (Å²) in [5, 5.41) is 60.1. The molecule has 1 saturated carbocycles. The van der Waals surface area contributed by atoms with Crippen molar-refractivity contribution < 1.29 is 68.2 Å². The smallest absolute Gasteiger partial charge is 0.462 e. The minimum absolute atomic E-state index is 0.0173. The van der Waals surface area contributed by atoms with Crippen LogP contribution in [0.5, 0.6) is 0 Å². The lowest BCUT2D eigenvalue weighted by Crippen LogP contribution is -2.64. The van der Waals surface area contributed by atoms with Gasteiger partial charge in [-0.15, -0.1) is 0 Å². The standard InChI is InChI=1S/C47H75O14P/c1-3-5-7-9-11-12-13-14-15-16-17-18-23-27-31-35-41(50)60-39(37-59-62(56,57)61-47-45(54)43(52)42(51)44(53)46(47)55)36-58-40(49)34-30-26-22-20-19-21-25-29-33-38(48)32-28-24-10-8-6-4-2/h6,8,11-12,14-15,17-18,20-22,24-25,28-29,33,38-39,42-48,51-55H,3-5,7,9-10,13,16,19,23,26-27,30-32,34-37H2,1-2H3,(H,56,57)/b8-6-,12-11-,15-14-,18-17-,22-20-,25-21-,28-24-,33-29+/t38?,39-,42?,43-,44+,45-,46-,47?/m1/s1. The molecule has 14 nitrogen and oxygen atoms in total. The van der Waals surface area contributed by atoms with Crippen LogP contribution in [0.1, 0.15) is 123 Å². The van der Waals surface area contributed by atoms with Gasteiger partial charge in [-0.1, -0.05) is 124 Å². The Labute approximate surface area is 369 Å². The summed E-state index contributed by atoms with van der Waals surface area (Å²) in [6.07, 6.45) is 30.7. The summed E-state index contributed by atoms with van der Waals surface area (Å²) < 4.78 is 33.3. The Morgan fingerprint density at radius 1 is 0.597 bits per heavy atom. The van der Waals surface area contributed by atoms with Crippen molar-refractivity contribution in [3.63, 3.8) is 0 Å². The SMILES string of the molecule is CC/C=C\C/C=C\CC(O)/C=C/C=C\C/C=C\CCCC(=O)OC[C@H](COP(=O)(O)OC1[C@H](O)[C@H](O)C(O)[C@H](O)[C@H]1O)OC(=O)CCCC/C=C\C/C=C\C/C=C\CCCCC. The molecule has 352 valence electrons. The van der Waals surface area contributed by atoms with Gasteiger partial charge < -0.3 is 45.0 Å². The van der Waals surface area contributed by atoms with E-state index in [2.05, 4.69) is 56.4 Å². The van der Waals surface area contributed by atoms with Crippen LogP contribution in [-0.4, -0.2) is 110 Å².